The first-order valence-electron chi connectivity index (χ1n) is 7.39. The van der Waals surface area contributed by atoms with E-state index in [2.05, 4.69) is 46.7 Å². The number of nitrogens with two attached hydrogens (primary N) is 1. The van der Waals surface area contributed by atoms with Crippen molar-refractivity contribution in [3.8, 4) is 0 Å². The van der Waals surface area contributed by atoms with Crippen LogP contribution in [0.15, 0.2) is 24.3 Å². The van der Waals surface area contributed by atoms with Gasteiger partial charge in [-0.3, -0.25) is 10.1 Å². The molecule has 1 heterocycles. The minimum absolute atomic E-state index is 0. The second-order valence-electron chi connectivity index (χ2n) is 5.78. The van der Waals surface area contributed by atoms with Crippen LogP contribution in [0.2, 0.25) is 0 Å². The molecule has 1 atom stereocenters. The van der Waals surface area contributed by atoms with Gasteiger partial charge in [0.2, 0.25) is 11.0 Å². The summed E-state index contributed by atoms with van der Waals surface area (Å²) in [6.07, 6.45) is 2.20. The topological polar surface area (TPSA) is 80.9 Å². The summed E-state index contributed by atoms with van der Waals surface area (Å²) < 4.78 is 0. The van der Waals surface area contributed by atoms with Crippen molar-refractivity contribution in [3.63, 3.8) is 0 Å². The largest absolute Gasteiger partial charge is 0.318 e. The van der Waals surface area contributed by atoms with E-state index in [1.54, 1.807) is 6.92 Å². The molecule has 0 radical (unpaired) electrons. The third-order valence-electron chi connectivity index (χ3n) is 3.45. The number of hydrogen-bond acceptors (Lipinski definition) is 5. The van der Waals surface area contributed by atoms with Crippen LogP contribution in [0, 0.1) is 6.92 Å². The van der Waals surface area contributed by atoms with Crippen molar-refractivity contribution in [1.82, 2.24) is 10.2 Å². The van der Waals surface area contributed by atoms with E-state index in [1.807, 2.05) is 6.92 Å². The number of nitrogens with zero attached hydrogens (tertiary/aromatic N) is 2. The molecule has 3 N–H and O–H groups in total. The lowest BCUT2D eigenvalue weighted by molar-refractivity contribution is -0.120. The number of hydrogen-bond donors (Lipinski definition) is 2. The zero-order valence-electron chi connectivity index (χ0n) is 13.6. The summed E-state index contributed by atoms with van der Waals surface area (Å²) in [5.74, 6) is -0.215. The van der Waals surface area contributed by atoms with E-state index in [-0.39, 0.29) is 18.3 Å². The number of halogens is 1. The minimum atomic E-state index is -0.877. The van der Waals surface area contributed by atoms with Gasteiger partial charge in [-0.15, -0.1) is 22.6 Å². The molecule has 7 heteroatoms. The molecule has 5 nitrogen and oxygen atoms in total. The Labute approximate surface area is 147 Å². The molecular formula is C16H23ClN4OS. The Hall–Kier alpha value is -1.50. The average Bonchev–Trinajstić information content (AvgIpc) is 2.88. The lowest BCUT2D eigenvalue weighted by Crippen LogP contribution is -2.48. The zero-order chi connectivity index (χ0) is 16.2. The van der Waals surface area contributed by atoms with Gasteiger partial charge in [0, 0.05) is 6.42 Å². The Bertz CT molecular complexity index is 640. The third kappa shape index (κ3) is 5.57. The number of amides is 1. The molecule has 0 saturated carbocycles. The van der Waals surface area contributed by atoms with Gasteiger partial charge in [0.05, 0.1) is 5.54 Å². The van der Waals surface area contributed by atoms with Gasteiger partial charge < -0.3 is 5.73 Å². The molecule has 1 unspecified atom stereocenters. The summed E-state index contributed by atoms with van der Waals surface area (Å²) in [6, 6.07) is 8.30. The number of carbonyl (C=O) groups excluding carboxylic acids is 1. The Kier molecular flexibility index (Phi) is 7.12. The van der Waals surface area contributed by atoms with E-state index < -0.39 is 5.54 Å². The summed E-state index contributed by atoms with van der Waals surface area (Å²) in [5, 5.41) is 12.3. The summed E-state index contributed by atoms with van der Waals surface area (Å²) in [7, 11) is 0. The summed E-state index contributed by atoms with van der Waals surface area (Å²) in [6.45, 7) is 5.80. The van der Waals surface area contributed by atoms with Crippen LogP contribution >= 0.6 is 23.7 Å². The minimum Gasteiger partial charge on any atom is -0.318 e. The van der Waals surface area contributed by atoms with Crippen molar-refractivity contribution in [3.05, 3.63) is 40.4 Å². The van der Waals surface area contributed by atoms with E-state index in [0.29, 0.717) is 18.0 Å². The van der Waals surface area contributed by atoms with Crippen LogP contribution in [-0.4, -0.2) is 21.6 Å². The highest BCUT2D eigenvalue weighted by atomic mass is 35.5. The van der Waals surface area contributed by atoms with Crippen molar-refractivity contribution in [2.24, 2.45) is 5.73 Å². The maximum absolute atomic E-state index is 12.1. The quantitative estimate of drug-likeness (QED) is 0.833. The lowest BCUT2D eigenvalue weighted by atomic mass is 9.97. The molecule has 0 aliphatic rings. The van der Waals surface area contributed by atoms with Gasteiger partial charge in [0.15, 0.2) is 0 Å². The van der Waals surface area contributed by atoms with Gasteiger partial charge in [-0.05, 0) is 25.8 Å². The Morgan fingerprint density at radius 3 is 2.57 bits per heavy atom. The van der Waals surface area contributed by atoms with Gasteiger partial charge in [-0.2, -0.15) is 0 Å². The molecule has 0 aliphatic heterocycles. The zero-order valence-corrected chi connectivity index (χ0v) is 15.3. The highest BCUT2D eigenvalue weighted by Gasteiger charge is 2.28. The van der Waals surface area contributed by atoms with Crippen LogP contribution in [0.1, 0.15) is 42.8 Å². The van der Waals surface area contributed by atoms with Crippen molar-refractivity contribution in [1.29, 1.82) is 0 Å². The van der Waals surface area contributed by atoms with Crippen LogP contribution < -0.4 is 11.1 Å². The lowest BCUT2D eigenvalue weighted by Gasteiger charge is -2.21. The predicted octanol–water partition coefficient (Wildman–Crippen LogP) is 3.32. The molecule has 1 aromatic carbocycles. The smallest absolute Gasteiger partial charge is 0.245 e. The van der Waals surface area contributed by atoms with E-state index in [1.165, 1.54) is 22.5 Å². The van der Waals surface area contributed by atoms with E-state index in [0.717, 1.165) is 11.4 Å². The van der Waals surface area contributed by atoms with Crippen molar-refractivity contribution >= 4 is 34.8 Å². The van der Waals surface area contributed by atoms with E-state index in [9.17, 15) is 4.79 Å². The molecule has 1 aromatic heterocycles. The fourth-order valence-electron chi connectivity index (χ4n) is 2.13. The van der Waals surface area contributed by atoms with E-state index >= 15 is 0 Å². The summed E-state index contributed by atoms with van der Waals surface area (Å²) >= 11 is 1.38. The SMILES string of the molecule is CCCC(C)(N)C(=O)Nc1nnc(Cc2ccc(C)cc2)s1.Cl. The second kappa shape index (κ2) is 8.38. The number of rotatable bonds is 6. The Balaban J connectivity index is 0.00000264. The Morgan fingerprint density at radius 1 is 1.30 bits per heavy atom. The molecular weight excluding hydrogens is 332 g/mol. The molecule has 126 valence electrons. The van der Waals surface area contributed by atoms with Gasteiger partial charge in [-0.1, -0.05) is 54.5 Å². The first kappa shape index (κ1) is 19.5. The molecule has 0 aliphatic carbocycles. The Morgan fingerprint density at radius 2 is 1.96 bits per heavy atom. The van der Waals surface area contributed by atoms with E-state index in [4.69, 9.17) is 5.73 Å². The molecule has 1 amide bonds. The number of carbonyl (C=O) groups is 1. The van der Waals surface area contributed by atoms with Gasteiger partial charge in [0.1, 0.15) is 5.01 Å². The molecule has 23 heavy (non-hydrogen) atoms. The number of nitrogens with one attached hydrogen (secondary N) is 1. The first-order chi connectivity index (χ1) is 10.4. The third-order valence-corrected chi connectivity index (χ3v) is 4.29. The second-order valence-corrected chi connectivity index (χ2v) is 6.85. The molecule has 2 aromatic rings. The van der Waals surface area contributed by atoms with Crippen LogP contribution in [0.3, 0.4) is 0 Å². The summed E-state index contributed by atoms with van der Waals surface area (Å²) in [4.78, 5) is 12.1. The van der Waals surface area contributed by atoms with Crippen LogP contribution in [0.5, 0.6) is 0 Å². The maximum Gasteiger partial charge on any atom is 0.245 e. The summed E-state index contributed by atoms with van der Waals surface area (Å²) in [5.41, 5.74) is 7.53. The van der Waals surface area contributed by atoms with Gasteiger partial charge in [0.25, 0.3) is 0 Å². The van der Waals surface area contributed by atoms with Crippen molar-refractivity contribution in [2.45, 2.75) is 45.6 Å². The number of aryl methyl sites for hydroxylation is 1. The highest BCUT2D eigenvalue weighted by Crippen LogP contribution is 2.20. The molecule has 0 spiro atoms. The molecule has 0 fully saturated rings. The standard InChI is InChI=1S/C16H22N4OS.ClH/c1-4-9-16(3,17)14(21)18-15-20-19-13(22-15)10-12-7-5-11(2)6-8-12;/h5-8H,4,9-10,17H2,1-3H3,(H,18,20,21);1H. The van der Waals surface area contributed by atoms with Gasteiger partial charge >= 0.3 is 0 Å². The number of benzene rings is 1. The molecule has 2 rings (SSSR count). The molecule has 0 bridgehead atoms. The highest BCUT2D eigenvalue weighted by molar-refractivity contribution is 7.15. The maximum atomic E-state index is 12.1. The number of anilines is 1. The average molecular weight is 355 g/mol. The van der Waals surface area contributed by atoms with Crippen LogP contribution in [0.4, 0.5) is 5.13 Å². The number of aromatic nitrogens is 2. The predicted molar refractivity (Wildman–Crippen MR) is 97.3 cm³/mol. The molecule has 0 saturated heterocycles. The monoisotopic (exact) mass is 354 g/mol. The van der Waals surface area contributed by atoms with Crippen molar-refractivity contribution < 1.29 is 4.79 Å². The van der Waals surface area contributed by atoms with Crippen LogP contribution in [0.25, 0.3) is 0 Å². The van der Waals surface area contributed by atoms with Gasteiger partial charge in [-0.25, -0.2) is 0 Å². The fourth-order valence-corrected chi connectivity index (χ4v) is 2.90. The normalized spacial score (nSPS) is 13.0. The fraction of sp³-hybridized carbons (Fsp3) is 0.438. The first-order valence-corrected chi connectivity index (χ1v) is 8.20. The van der Waals surface area contributed by atoms with Crippen molar-refractivity contribution in [2.75, 3.05) is 5.32 Å². The van der Waals surface area contributed by atoms with Crippen LogP contribution in [-0.2, 0) is 11.2 Å².